The van der Waals surface area contributed by atoms with E-state index in [0.717, 1.165) is 33.3 Å². The van der Waals surface area contributed by atoms with E-state index in [1.54, 1.807) is 11.3 Å². The van der Waals surface area contributed by atoms with Gasteiger partial charge in [0.15, 0.2) is 11.5 Å². The highest BCUT2D eigenvalue weighted by molar-refractivity contribution is 7.13. The highest BCUT2D eigenvalue weighted by Crippen LogP contribution is 2.32. The monoisotopic (exact) mass is 367 g/mol. The van der Waals surface area contributed by atoms with Crippen LogP contribution in [0, 0.1) is 6.92 Å². The fraction of sp³-hybridized carbons (Fsp3) is 0.158. The molecule has 7 heteroatoms. The molecule has 2 N–H and O–H groups in total. The van der Waals surface area contributed by atoms with Gasteiger partial charge in [-0.25, -0.2) is 9.78 Å². The number of carbonyl (C=O) groups is 1. The van der Waals surface area contributed by atoms with Crippen LogP contribution in [0.5, 0.6) is 11.5 Å². The summed E-state index contributed by atoms with van der Waals surface area (Å²) in [5, 5.41) is 8.65. The van der Waals surface area contributed by atoms with Crippen LogP contribution < -0.4 is 20.1 Å². The van der Waals surface area contributed by atoms with E-state index < -0.39 is 0 Å². The van der Waals surface area contributed by atoms with Gasteiger partial charge >= 0.3 is 6.03 Å². The summed E-state index contributed by atoms with van der Waals surface area (Å²) in [5.74, 6) is 1.44. The minimum absolute atomic E-state index is 0.239. The van der Waals surface area contributed by atoms with Crippen molar-refractivity contribution < 1.29 is 14.3 Å². The van der Waals surface area contributed by atoms with Crippen molar-refractivity contribution in [3.8, 4) is 22.1 Å². The van der Waals surface area contributed by atoms with Gasteiger partial charge in [-0.15, -0.1) is 11.3 Å². The molecule has 0 radical (unpaired) electrons. The number of nitrogens with zero attached hydrogens (tertiary/aromatic N) is 1. The summed E-state index contributed by atoms with van der Waals surface area (Å²) in [4.78, 5) is 16.5. The number of urea groups is 1. The second-order valence-corrected chi connectivity index (χ2v) is 6.72. The molecule has 0 unspecified atom stereocenters. The fourth-order valence-corrected chi connectivity index (χ4v) is 3.39. The molecule has 1 aliphatic heterocycles. The van der Waals surface area contributed by atoms with E-state index in [-0.39, 0.29) is 12.8 Å². The molecule has 1 aliphatic rings. The largest absolute Gasteiger partial charge is 0.454 e. The zero-order chi connectivity index (χ0) is 17.9. The minimum atomic E-state index is -0.263. The number of fused-ring (bicyclic) bond motifs is 1. The van der Waals surface area contributed by atoms with Gasteiger partial charge in [-0.3, -0.25) is 0 Å². The summed E-state index contributed by atoms with van der Waals surface area (Å²) < 4.78 is 10.6. The van der Waals surface area contributed by atoms with E-state index in [2.05, 4.69) is 15.6 Å². The number of amides is 2. The van der Waals surface area contributed by atoms with Crippen molar-refractivity contribution in [3.63, 3.8) is 0 Å². The van der Waals surface area contributed by atoms with Gasteiger partial charge in [0.1, 0.15) is 5.01 Å². The number of thiazole rings is 1. The SMILES string of the molecule is Cc1csc(-c2ccc(NC(=O)NCc3ccc4c(c3)OCO4)cc2)n1. The second-order valence-electron chi connectivity index (χ2n) is 5.87. The molecule has 6 nitrogen and oxygen atoms in total. The quantitative estimate of drug-likeness (QED) is 0.726. The number of aromatic nitrogens is 1. The number of anilines is 1. The van der Waals surface area contributed by atoms with Crippen molar-refractivity contribution in [3.05, 3.63) is 59.1 Å². The minimum Gasteiger partial charge on any atom is -0.454 e. The summed E-state index contributed by atoms with van der Waals surface area (Å²) in [6.45, 7) is 2.61. The number of rotatable bonds is 4. The molecular formula is C19H17N3O3S. The van der Waals surface area contributed by atoms with Crippen molar-refractivity contribution >= 4 is 23.1 Å². The van der Waals surface area contributed by atoms with Gasteiger partial charge in [0.25, 0.3) is 0 Å². The van der Waals surface area contributed by atoms with Crippen molar-refractivity contribution in [1.29, 1.82) is 0 Å². The van der Waals surface area contributed by atoms with Crippen LogP contribution in [0.15, 0.2) is 47.8 Å². The summed E-state index contributed by atoms with van der Waals surface area (Å²) in [7, 11) is 0. The predicted octanol–water partition coefficient (Wildman–Crippen LogP) is 4.17. The third kappa shape index (κ3) is 3.62. The molecule has 0 aliphatic carbocycles. The van der Waals surface area contributed by atoms with Crippen LogP contribution in [0.25, 0.3) is 10.6 Å². The van der Waals surface area contributed by atoms with Crippen LogP contribution in [0.4, 0.5) is 10.5 Å². The lowest BCUT2D eigenvalue weighted by Gasteiger charge is -2.08. The molecule has 1 aromatic heterocycles. The summed E-state index contributed by atoms with van der Waals surface area (Å²) in [6.07, 6.45) is 0. The van der Waals surface area contributed by atoms with Gasteiger partial charge in [-0.1, -0.05) is 6.07 Å². The van der Waals surface area contributed by atoms with Gasteiger partial charge in [-0.2, -0.15) is 0 Å². The highest BCUT2D eigenvalue weighted by Gasteiger charge is 2.13. The van der Waals surface area contributed by atoms with E-state index in [4.69, 9.17) is 9.47 Å². The Labute approximate surface area is 154 Å². The van der Waals surface area contributed by atoms with E-state index in [0.29, 0.717) is 12.3 Å². The lowest BCUT2D eigenvalue weighted by molar-refractivity contribution is 0.174. The predicted molar refractivity (Wildman–Crippen MR) is 101 cm³/mol. The Morgan fingerprint density at radius 1 is 1.15 bits per heavy atom. The third-order valence-electron chi connectivity index (χ3n) is 3.90. The van der Waals surface area contributed by atoms with Gasteiger partial charge in [0, 0.05) is 28.9 Å². The van der Waals surface area contributed by atoms with Gasteiger partial charge in [-0.05, 0) is 48.9 Å². The number of hydrogen-bond donors (Lipinski definition) is 2. The molecule has 0 bridgehead atoms. The number of carbonyl (C=O) groups excluding carboxylic acids is 1. The van der Waals surface area contributed by atoms with Crippen LogP contribution in [-0.2, 0) is 6.54 Å². The molecular weight excluding hydrogens is 350 g/mol. The van der Waals surface area contributed by atoms with E-state index in [9.17, 15) is 4.79 Å². The Bertz CT molecular complexity index is 937. The van der Waals surface area contributed by atoms with Gasteiger partial charge in [0.05, 0.1) is 0 Å². The normalized spacial score (nSPS) is 12.0. The zero-order valence-electron chi connectivity index (χ0n) is 14.1. The Balaban J connectivity index is 1.33. The van der Waals surface area contributed by atoms with Crippen LogP contribution in [0.3, 0.4) is 0 Å². The van der Waals surface area contributed by atoms with Crippen LogP contribution >= 0.6 is 11.3 Å². The van der Waals surface area contributed by atoms with Crippen molar-refractivity contribution in [1.82, 2.24) is 10.3 Å². The summed E-state index contributed by atoms with van der Waals surface area (Å²) >= 11 is 1.61. The Morgan fingerprint density at radius 3 is 2.73 bits per heavy atom. The maximum atomic E-state index is 12.1. The standard InChI is InChI=1S/C19H17N3O3S/c1-12-10-26-18(21-12)14-3-5-15(6-4-14)22-19(23)20-9-13-2-7-16-17(8-13)25-11-24-16/h2-8,10H,9,11H2,1H3,(H2,20,22,23). The van der Waals surface area contributed by atoms with Crippen LogP contribution in [0.2, 0.25) is 0 Å². The first-order chi connectivity index (χ1) is 12.7. The lowest BCUT2D eigenvalue weighted by atomic mass is 10.2. The van der Waals surface area contributed by atoms with Crippen LogP contribution in [-0.4, -0.2) is 17.8 Å². The first kappa shape index (κ1) is 16.4. The molecule has 0 saturated heterocycles. The highest BCUT2D eigenvalue weighted by atomic mass is 32.1. The molecule has 2 amide bonds. The number of nitrogens with one attached hydrogen (secondary N) is 2. The summed E-state index contributed by atoms with van der Waals surface area (Å²) in [6, 6.07) is 13.0. The average molecular weight is 367 g/mol. The van der Waals surface area contributed by atoms with Crippen LogP contribution in [0.1, 0.15) is 11.3 Å². The number of ether oxygens (including phenoxy) is 2. The molecule has 132 valence electrons. The summed E-state index contributed by atoms with van der Waals surface area (Å²) in [5.41, 5.74) is 3.72. The number of aryl methyl sites for hydroxylation is 1. The molecule has 2 heterocycles. The van der Waals surface area contributed by atoms with E-state index in [1.807, 2.05) is 54.8 Å². The van der Waals surface area contributed by atoms with Crippen molar-refractivity contribution in [2.45, 2.75) is 13.5 Å². The molecule has 3 aromatic rings. The van der Waals surface area contributed by atoms with Gasteiger partial charge < -0.3 is 20.1 Å². The number of benzene rings is 2. The Morgan fingerprint density at radius 2 is 1.96 bits per heavy atom. The molecule has 0 atom stereocenters. The smallest absolute Gasteiger partial charge is 0.319 e. The molecule has 0 fully saturated rings. The molecule has 0 spiro atoms. The maximum absolute atomic E-state index is 12.1. The Kier molecular flexibility index (Phi) is 4.45. The topological polar surface area (TPSA) is 72.5 Å². The maximum Gasteiger partial charge on any atom is 0.319 e. The zero-order valence-corrected chi connectivity index (χ0v) is 14.9. The molecule has 4 rings (SSSR count). The Hall–Kier alpha value is -3.06. The molecule has 26 heavy (non-hydrogen) atoms. The first-order valence-electron chi connectivity index (χ1n) is 8.13. The number of hydrogen-bond acceptors (Lipinski definition) is 5. The molecule has 2 aromatic carbocycles. The van der Waals surface area contributed by atoms with E-state index in [1.165, 1.54) is 0 Å². The van der Waals surface area contributed by atoms with Crippen molar-refractivity contribution in [2.24, 2.45) is 0 Å². The second kappa shape index (κ2) is 7.05. The van der Waals surface area contributed by atoms with Gasteiger partial charge in [0.2, 0.25) is 6.79 Å². The molecule has 0 saturated carbocycles. The fourth-order valence-electron chi connectivity index (χ4n) is 2.59. The van der Waals surface area contributed by atoms with Crippen molar-refractivity contribution in [2.75, 3.05) is 12.1 Å². The lowest BCUT2D eigenvalue weighted by Crippen LogP contribution is -2.28. The first-order valence-corrected chi connectivity index (χ1v) is 9.01. The average Bonchev–Trinajstić information content (AvgIpc) is 3.29. The van der Waals surface area contributed by atoms with E-state index >= 15 is 0 Å². The third-order valence-corrected chi connectivity index (χ3v) is 4.91.